The predicted octanol–water partition coefficient (Wildman–Crippen LogP) is 6.27. The average Bonchev–Trinajstić information content (AvgIpc) is 3.47. The molecular weight excluding hydrogens is 481 g/mol. The molecule has 2 N–H and O–H groups in total. The number of nitrogens with one attached hydrogen (secondary N) is 2. The van der Waals surface area contributed by atoms with Crippen LogP contribution in [0, 0.1) is 0 Å². The number of halogens is 3. The summed E-state index contributed by atoms with van der Waals surface area (Å²) in [6, 6.07) is 13.3. The van der Waals surface area contributed by atoms with Crippen molar-refractivity contribution >= 4 is 11.6 Å². The van der Waals surface area contributed by atoms with Gasteiger partial charge in [0, 0.05) is 23.8 Å². The third-order valence-electron chi connectivity index (χ3n) is 6.36. The Labute approximate surface area is 215 Å². The van der Waals surface area contributed by atoms with Crippen molar-refractivity contribution < 1.29 is 22.7 Å². The lowest BCUT2D eigenvalue weighted by atomic mass is 9.90. The van der Waals surface area contributed by atoms with Gasteiger partial charge in [-0.05, 0) is 89.1 Å². The van der Waals surface area contributed by atoms with E-state index in [0.29, 0.717) is 23.4 Å². The molecule has 1 unspecified atom stereocenters. The second kappa shape index (κ2) is 10.2. The molecule has 3 atom stereocenters. The first kappa shape index (κ1) is 26.7. The summed E-state index contributed by atoms with van der Waals surface area (Å²) in [5.41, 5.74) is 1.17. The van der Waals surface area contributed by atoms with Crippen LogP contribution in [0.2, 0.25) is 0 Å². The molecule has 1 saturated heterocycles. The Kier molecular flexibility index (Phi) is 7.37. The van der Waals surface area contributed by atoms with Gasteiger partial charge in [0.15, 0.2) is 0 Å². The maximum Gasteiger partial charge on any atom is 0.416 e. The number of aromatic nitrogens is 2. The van der Waals surface area contributed by atoms with E-state index in [1.165, 1.54) is 12.1 Å². The van der Waals surface area contributed by atoms with Crippen molar-refractivity contribution in [3.63, 3.8) is 0 Å². The molecule has 0 bridgehead atoms. The van der Waals surface area contributed by atoms with Crippen molar-refractivity contribution in [2.24, 2.45) is 0 Å². The lowest BCUT2D eigenvalue weighted by Crippen LogP contribution is -2.36. The zero-order chi connectivity index (χ0) is 27.0. The van der Waals surface area contributed by atoms with E-state index >= 15 is 0 Å². The van der Waals surface area contributed by atoms with Gasteiger partial charge >= 0.3 is 6.18 Å². The number of ether oxygens (including phenoxy) is 1. The van der Waals surface area contributed by atoms with E-state index in [-0.39, 0.29) is 29.5 Å². The highest BCUT2D eigenvalue weighted by molar-refractivity contribution is 5.95. The molecule has 9 heteroatoms. The molecule has 1 aliphatic heterocycles. The lowest BCUT2D eigenvalue weighted by Gasteiger charge is -2.21. The molecule has 0 aliphatic carbocycles. The van der Waals surface area contributed by atoms with Crippen LogP contribution in [0.25, 0.3) is 0 Å². The van der Waals surface area contributed by atoms with Crippen molar-refractivity contribution in [1.29, 1.82) is 0 Å². The lowest BCUT2D eigenvalue weighted by molar-refractivity contribution is -0.137. The molecule has 1 aliphatic rings. The van der Waals surface area contributed by atoms with Crippen LogP contribution in [-0.4, -0.2) is 27.8 Å². The number of anilines is 1. The highest BCUT2D eigenvalue weighted by atomic mass is 19.4. The molecule has 2 aromatic carbocycles. The Balaban J connectivity index is 1.56. The minimum atomic E-state index is -4.41. The minimum Gasteiger partial charge on any atom is -0.491 e. The maximum atomic E-state index is 13.2. The van der Waals surface area contributed by atoms with Crippen molar-refractivity contribution in [3.05, 3.63) is 77.6 Å². The third-order valence-corrected chi connectivity index (χ3v) is 6.36. The highest BCUT2D eigenvalue weighted by Gasteiger charge is 2.41. The van der Waals surface area contributed by atoms with E-state index in [0.717, 1.165) is 17.8 Å². The summed E-state index contributed by atoms with van der Waals surface area (Å²) in [5.74, 6) is 0.300. The van der Waals surface area contributed by atoms with E-state index in [4.69, 9.17) is 9.84 Å². The van der Waals surface area contributed by atoms with Crippen molar-refractivity contribution in [1.82, 2.24) is 15.1 Å². The van der Waals surface area contributed by atoms with Gasteiger partial charge < -0.3 is 10.1 Å². The topological polar surface area (TPSA) is 68.2 Å². The van der Waals surface area contributed by atoms with E-state index in [9.17, 15) is 18.0 Å². The summed E-state index contributed by atoms with van der Waals surface area (Å²) < 4.78 is 46.9. The molecule has 4 rings (SSSR count). The number of hydrogen-bond donors (Lipinski definition) is 2. The number of benzene rings is 2. The second-order valence-electron chi connectivity index (χ2n) is 10.7. The Hall–Kier alpha value is -3.33. The summed E-state index contributed by atoms with van der Waals surface area (Å²) >= 11 is 0. The molecule has 0 spiro atoms. The van der Waals surface area contributed by atoms with Gasteiger partial charge in [0.1, 0.15) is 5.75 Å². The summed E-state index contributed by atoms with van der Waals surface area (Å²) in [5, 5.41) is 11.0. The Morgan fingerprint density at radius 3 is 2.24 bits per heavy atom. The van der Waals surface area contributed by atoms with E-state index in [1.807, 2.05) is 51.6 Å². The number of hydrogen-bond acceptors (Lipinski definition) is 4. The monoisotopic (exact) mass is 514 g/mol. The van der Waals surface area contributed by atoms with Gasteiger partial charge in [-0.2, -0.15) is 18.3 Å². The Morgan fingerprint density at radius 2 is 1.70 bits per heavy atom. The first-order valence-corrected chi connectivity index (χ1v) is 12.4. The van der Waals surface area contributed by atoms with Crippen LogP contribution in [0.15, 0.2) is 60.8 Å². The van der Waals surface area contributed by atoms with Gasteiger partial charge in [0.2, 0.25) is 5.91 Å². The van der Waals surface area contributed by atoms with Gasteiger partial charge in [-0.15, -0.1) is 0 Å². The molecule has 37 heavy (non-hydrogen) atoms. The second-order valence-corrected chi connectivity index (χ2v) is 10.7. The predicted molar refractivity (Wildman–Crippen MR) is 137 cm³/mol. The molecule has 6 nitrogen and oxygen atoms in total. The Bertz CT molecular complexity index is 1210. The van der Waals surface area contributed by atoms with Gasteiger partial charge in [0.25, 0.3) is 0 Å². The minimum absolute atomic E-state index is 0.0453. The molecule has 1 aromatic heterocycles. The fraction of sp³-hybridized carbons (Fsp3) is 0.429. The van der Waals surface area contributed by atoms with Gasteiger partial charge in [-0.3, -0.25) is 14.8 Å². The molecule has 2 heterocycles. The fourth-order valence-electron chi connectivity index (χ4n) is 4.50. The van der Waals surface area contributed by atoms with E-state index < -0.39 is 17.8 Å². The largest absolute Gasteiger partial charge is 0.491 e. The zero-order valence-corrected chi connectivity index (χ0v) is 21.6. The summed E-state index contributed by atoms with van der Waals surface area (Å²) in [7, 11) is 0. The number of carbonyl (C=O) groups is 1. The van der Waals surface area contributed by atoms with Crippen LogP contribution in [0.4, 0.5) is 18.9 Å². The normalized spacial score (nSPS) is 20.3. The summed E-state index contributed by atoms with van der Waals surface area (Å²) in [6.07, 6.45) is -2.02. The van der Waals surface area contributed by atoms with Crippen LogP contribution in [0.3, 0.4) is 0 Å². The number of rotatable bonds is 6. The molecule has 1 fully saturated rings. The van der Waals surface area contributed by atoms with Crippen LogP contribution in [-0.2, 0) is 16.5 Å². The molecular formula is C28H33F3N4O2. The summed E-state index contributed by atoms with van der Waals surface area (Å²) in [4.78, 5) is 13.2. The van der Waals surface area contributed by atoms with Gasteiger partial charge in [0.05, 0.1) is 28.9 Å². The zero-order valence-electron chi connectivity index (χ0n) is 21.6. The number of amides is 1. The maximum absolute atomic E-state index is 13.2. The molecule has 3 aromatic rings. The standard InChI is InChI=1S/C28H33F3N4O2/c1-17(2)37-21-12-10-20(11-13-21)32-26(36)24-16-22(23-14-15-35(34-23)27(3,4)5)25(33-24)18-6-8-19(9-7-18)28(29,30)31/h6-15,17,22,24-25,33H,16H2,1-5H3,(H,32,36)/t22?,24-,25-/m0/s1. The highest BCUT2D eigenvalue weighted by Crippen LogP contribution is 2.41. The number of nitrogens with zero attached hydrogens (tertiary/aromatic N) is 2. The number of carbonyl (C=O) groups excluding carboxylic acids is 1. The van der Waals surface area contributed by atoms with Crippen LogP contribution < -0.4 is 15.4 Å². The first-order chi connectivity index (χ1) is 17.3. The summed E-state index contributed by atoms with van der Waals surface area (Å²) in [6.45, 7) is 10.00. The van der Waals surface area contributed by atoms with Gasteiger partial charge in [-0.25, -0.2) is 0 Å². The Morgan fingerprint density at radius 1 is 1.05 bits per heavy atom. The third kappa shape index (κ3) is 6.33. The quantitative estimate of drug-likeness (QED) is 0.407. The first-order valence-electron chi connectivity index (χ1n) is 12.4. The van der Waals surface area contributed by atoms with Crippen LogP contribution in [0.5, 0.6) is 5.75 Å². The van der Waals surface area contributed by atoms with Gasteiger partial charge in [-0.1, -0.05) is 12.1 Å². The SMILES string of the molecule is CC(C)Oc1ccc(NC(=O)[C@@H]2CC(c3ccn(C(C)(C)C)n3)[C@H](c3ccc(C(F)(F)F)cc3)N2)cc1. The smallest absolute Gasteiger partial charge is 0.416 e. The van der Waals surface area contributed by atoms with Crippen molar-refractivity contribution in [2.45, 2.75) is 76.9 Å². The van der Waals surface area contributed by atoms with Crippen molar-refractivity contribution in [2.75, 3.05) is 5.32 Å². The van der Waals surface area contributed by atoms with E-state index in [2.05, 4.69) is 10.6 Å². The van der Waals surface area contributed by atoms with Crippen molar-refractivity contribution in [3.8, 4) is 5.75 Å². The van der Waals surface area contributed by atoms with Crippen LogP contribution in [0.1, 0.15) is 69.8 Å². The van der Waals surface area contributed by atoms with Crippen LogP contribution >= 0.6 is 0 Å². The molecule has 0 radical (unpaired) electrons. The molecule has 198 valence electrons. The number of alkyl halides is 3. The molecule has 1 amide bonds. The van der Waals surface area contributed by atoms with E-state index in [1.54, 1.807) is 24.3 Å². The molecule has 0 saturated carbocycles. The fourth-order valence-corrected chi connectivity index (χ4v) is 4.50. The average molecular weight is 515 g/mol.